The van der Waals surface area contributed by atoms with Crippen LogP contribution in [-0.2, 0) is 0 Å². The quantitative estimate of drug-likeness (QED) is 0.681. The van der Waals surface area contributed by atoms with Gasteiger partial charge >= 0.3 is 0 Å². The Kier molecular flexibility index (Phi) is 2.26. The van der Waals surface area contributed by atoms with Crippen LogP contribution in [0.4, 0.5) is 0 Å². The first-order valence-corrected chi connectivity index (χ1v) is 5.70. The molecule has 0 aliphatic rings. The highest BCUT2D eigenvalue weighted by atomic mass is 127. The highest BCUT2D eigenvalue weighted by Gasteiger charge is 2.05. The van der Waals surface area contributed by atoms with Crippen LogP contribution in [0, 0.1) is 21.1 Å². The average Bonchev–Trinajstić information content (AvgIpc) is 2.43. The predicted octanol–water partition coefficient (Wildman–Crippen LogP) is 3.69. The van der Waals surface area contributed by atoms with Crippen molar-refractivity contribution in [3.63, 3.8) is 0 Å². The van der Waals surface area contributed by atoms with E-state index >= 15 is 0 Å². The average molecular weight is 299 g/mol. The molecule has 2 rings (SSSR count). The molecule has 0 bridgehead atoms. The Morgan fingerprint density at radius 1 is 1.38 bits per heavy atom. The third kappa shape index (κ3) is 1.56. The standard InChI is InChI=1S/C10H6INS/c1-6-2-7(5-12)8-4-10(11)13-9(8)3-6/h2-4H,1H3. The molecule has 1 nitrogen and oxygen atoms in total. The van der Waals surface area contributed by atoms with E-state index in [1.54, 1.807) is 11.3 Å². The summed E-state index contributed by atoms with van der Waals surface area (Å²) in [5, 5.41) is 10.0. The number of halogens is 1. The summed E-state index contributed by atoms with van der Waals surface area (Å²) in [5.41, 5.74) is 1.94. The molecule has 0 saturated carbocycles. The Morgan fingerprint density at radius 2 is 2.15 bits per heavy atom. The van der Waals surface area contributed by atoms with Crippen molar-refractivity contribution in [1.29, 1.82) is 5.26 Å². The first-order valence-electron chi connectivity index (χ1n) is 3.80. The maximum atomic E-state index is 8.92. The number of nitriles is 1. The van der Waals surface area contributed by atoms with Crippen molar-refractivity contribution in [2.75, 3.05) is 0 Å². The fourth-order valence-corrected chi connectivity index (χ4v) is 3.27. The molecule has 1 aromatic carbocycles. The van der Waals surface area contributed by atoms with Crippen molar-refractivity contribution >= 4 is 44.0 Å². The van der Waals surface area contributed by atoms with Gasteiger partial charge in [-0.2, -0.15) is 5.26 Å². The molecule has 0 amide bonds. The van der Waals surface area contributed by atoms with Crippen molar-refractivity contribution in [1.82, 2.24) is 0 Å². The summed E-state index contributed by atoms with van der Waals surface area (Å²) in [5.74, 6) is 0. The van der Waals surface area contributed by atoms with Crippen LogP contribution in [0.15, 0.2) is 18.2 Å². The SMILES string of the molecule is Cc1cc(C#N)c2cc(I)sc2c1. The Balaban J connectivity index is 2.90. The van der Waals surface area contributed by atoms with Crippen LogP contribution in [0.25, 0.3) is 10.1 Å². The van der Waals surface area contributed by atoms with Gasteiger partial charge in [-0.05, 0) is 53.3 Å². The number of aryl methyl sites for hydroxylation is 1. The fraction of sp³-hybridized carbons (Fsp3) is 0.100. The van der Waals surface area contributed by atoms with Crippen LogP contribution >= 0.6 is 33.9 Å². The van der Waals surface area contributed by atoms with Crippen LogP contribution in [0.3, 0.4) is 0 Å². The molecule has 3 heteroatoms. The van der Waals surface area contributed by atoms with E-state index in [0.29, 0.717) is 0 Å². The zero-order valence-corrected chi connectivity index (χ0v) is 9.94. The predicted molar refractivity (Wildman–Crippen MR) is 64.0 cm³/mol. The molecule has 0 unspecified atom stereocenters. The number of fused-ring (bicyclic) bond motifs is 1. The van der Waals surface area contributed by atoms with Crippen molar-refractivity contribution in [2.24, 2.45) is 0 Å². The molecule has 1 aromatic heterocycles. The number of hydrogen-bond acceptors (Lipinski definition) is 2. The van der Waals surface area contributed by atoms with Gasteiger partial charge < -0.3 is 0 Å². The molecule has 64 valence electrons. The number of thiophene rings is 1. The largest absolute Gasteiger partial charge is 0.192 e. The third-order valence-electron chi connectivity index (χ3n) is 1.87. The van der Waals surface area contributed by atoms with Gasteiger partial charge in [0.15, 0.2) is 0 Å². The van der Waals surface area contributed by atoms with Crippen LogP contribution in [0.5, 0.6) is 0 Å². The van der Waals surface area contributed by atoms with E-state index in [4.69, 9.17) is 5.26 Å². The Hall–Kier alpha value is -0.600. The summed E-state index contributed by atoms with van der Waals surface area (Å²) in [6, 6.07) is 8.36. The smallest absolute Gasteiger partial charge is 0.0998 e. The summed E-state index contributed by atoms with van der Waals surface area (Å²) in [6.45, 7) is 2.02. The Morgan fingerprint density at radius 3 is 2.85 bits per heavy atom. The minimum atomic E-state index is 0.786. The van der Waals surface area contributed by atoms with E-state index in [0.717, 1.165) is 16.5 Å². The van der Waals surface area contributed by atoms with Crippen molar-refractivity contribution in [3.8, 4) is 6.07 Å². The molecular formula is C10H6INS. The van der Waals surface area contributed by atoms with E-state index in [9.17, 15) is 0 Å². The molecule has 0 aliphatic heterocycles. The Bertz CT molecular complexity index is 507. The highest BCUT2D eigenvalue weighted by molar-refractivity contribution is 14.1. The zero-order chi connectivity index (χ0) is 9.42. The van der Waals surface area contributed by atoms with E-state index in [1.165, 1.54) is 7.58 Å². The summed E-state index contributed by atoms with van der Waals surface area (Å²) >= 11 is 4.02. The Labute approximate surface area is 94.1 Å². The number of hydrogen-bond donors (Lipinski definition) is 0. The lowest BCUT2D eigenvalue weighted by Crippen LogP contribution is -1.77. The summed E-state index contributed by atoms with van der Waals surface area (Å²) in [4.78, 5) is 0. The first-order chi connectivity index (χ1) is 6.20. The van der Waals surface area contributed by atoms with Gasteiger partial charge in [-0.15, -0.1) is 11.3 Å². The lowest BCUT2D eigenvalue weighted by molar-refractivity contribution is 1.46. The van der Waals surface area contributed by atoms with Crippen LogP contribution in [-0.4, -0.2) is 0 Å². The zero-order valence-electron chi connectivity index (χ0n) is 6.97. The van der Waals surface area contributed by atoms with E-state index < -0.39 is 0 Å². The summed E-state index contributed by atoms with van der Waals surface area (Å²) in [6.07, 6.45) is 0. The number of benzene rings is 1. The maximum Gasteiger partial charge on any atom is 0.0998 e. The molecule has 13 heavy (non-hydrogen) atoms. The molecule has 0 aliphatic carbocycles. The molecule has 0 spiro atoms. The first kappa shape index (κ1) is 8.97. The topological polar surface area (TPSA) is 23.8 Å². The van der Waals surface area contributed by atoms with Gasteiger partial charge in [0, 0.05) is 10.1 Å². The molecule has 1 heterocycles. The van der Waals surface area contributed by atoms with E-state index in [1.807, 2.05) is 13.0 Å². The van der Waals surface area contributed by atoms with Crippen molar-refractivity contribution in [3.05, 3.63) is 32.2 Å². The second kappa shape index (κ2) is 3.28. The van der Waals surface area contributed by atoms with E-state index in [-0.39, 0.29) is 0 Å². The van der Waals surface area contributed by atoms with Crippen molar-refractivity contribution < 1.29 is 0 Å². The number of rotatable bonds is 0. The molecule has 0 fully saturated rings. The van der Waals surface area contributed by atoms with Gasteiger partial charge in [-0.1, -0.05) is 0 Å². The van der Waals surface area contributed by atoms with Crippen LogP contribution in [0.2, 0.25) is 0 Å². The van der Waals surface area contributed by atoms with Gasteiger partial charge in [0.2, 0.25) is 0 Å². The summed E-state index contributed by atoms with van der Waals surface area (Å²) < 4.78 is 2.44. The monoisotopic (exact) mass is 299 g/mol. The molecule has 0 saturated heterocycles. The third-order valence-corrected chi connectivity index (χ3v) is 3.71. The minimum absolute atomic E-state index is 0.786. The highest BCUT2D eigenvalue weighted by Crippen LogP contribution is 2.30. The van der Waals surface area contributed by atoms with Gasteiger partial charge in [0.05, 0.1) is 14.5 Å². The minimum Gasteiger partial charge on any atom is -0.192 e. The van der Waals surface area contributed by atoms with E-state index in [2.05, 4.69) is 40.8 Å². The van der Waals surface area contributed by atoms with Crippen molar-refractivity contribution in [2.45, 2.75) is 6.92 Å². The van der Waals surface area contributed by atoms with Gasteiger partial charge in [-0.25, -0.2) is 0 Å². The summed E-state index contributed by atoms with van der Waals surface area (Å²) in [7, 11) is 0. The van der Waals surface area contributed by atoms with Gasteiger partial charge in [-0.3, -0.25) is 0 Å². The molecule has 0 atom stereocenters. The van der Waals surface area contributed by atoms with Crippen LogP contribution in [0.1, 0.15) is 11.1 Å². The van der Waals surface area contributed by atoms with Crippen LogP contribution < -0.4 is 0 Å². The fourth-order valence-electron chi connectivity index (χ4n) is 1.34. The molecule has 0 radical (unpaired) electrons. The normalized spacial score (nSPS) is 10.2. The van der Waals surface area contributed by atoms with Gasteiger partial charge in [0.1, 0.15) is 0 Å². The molecular weight excluding hydrogens is 293 g/mol. The molecule has 0 N–H and O–H groups in total. The second-order valence-electron chi connectivity index (χ2n) is 2.89. The molecule has 2 aromatic rings. The second-order valence-corrected chi connectivity index (χ2v) is 5.86. The lowest BCUT2D eigenvalue weighted by atomic mass is 10.1. The number of nitrogens with zero attached hydrogens (tertiary/aromatic N) is 1. The maximum absolute atomic E-state index is 8.92. The lowest BCUT2D eigenvalue weighted by Gasteiger charge is -1.95. The van der Waals surface area contributed by atoms with Gasteiger partial charge in [0.25, 0.3) is 0 Å².